The maximum atomic E-state index is 12.4. The van der Waals surface area contributed by atoms with Crippen molar-refractivity contribution in [2.75, 3.05) is 26.2 Å². The number of ether oxygens (including phenoxy) is 1. The van der Waals surface area contributed by atoms with Gasteiger partial charge in [-0.25, -0.2) is 0 Å². The van der Waals surface area contributed by atoms with Gasteiger partial charge in [0.15, 0.2) is 0 Å². The standard InChI is InChI=1S/C13H24N2O2/c1-11-12(14-7-10-17-11)13(16)15-8-5-3-2-4-6-9-15/h11-12,14H,2-10H2,1H3/t11-,12+/m1/s1. The van der Waals surface area contributed by atoms with Gasteiger partial charge in [0, 0.05) is 19.6 Å². The third-order valence-corrected chi connectivity index (χ3v) is 3.75. The first-order chi connectivity index (χ1) is 8.29. The summed E-state index contributed by atoms with van der Waals surface area (Å²) in [6, 6.07) is -0.136. The fourth-order valence-electron chi connectivity index (χ4n) is 2.67. The molecule has 2 rings (SSSR count). The second-order valence-electron chi connectivity index (χ2n) is 5.10. The van der Waals surface area contributed by atoms with Crippen molar-refractivity contribution in [2.45, 2.75) is 51.2 Å². The Hall–Kier alpha value is -0.610. The molecule has 0 aromatic heterocycles. The van der Waals surface area contributed by atoms with Gasteiger partial charge in [-0.1, -0.05) is 19.3 Å². The van der Waals surface area contributed by atoms with E-state index in [1.807, 2.05) is 11.8 Å². The summed E-state index contributed by atoms with van der Waals surface area (Å²) < 4.78 is 5.55. The maximum absolute atomic E-state index is 12.4. The maximum Gasteiger partial charge on any atom is 0.242 e. The lowest BCUT2D eigenvalue weighted by atomic mass is 10.1. The van der Waals surface area contributed by atoms with Crippen molar-refractivity contribution in [3.05, 3.63) is 0 Å². The molecule has 0 spiro atoms. The lowest BCUT2D eigenvalue weighted by molar-refractivity contribution is -0.139. The van der Waals surface area contributed by atoms with Gasteiger partial charge in [-0.3, -0.25) is 4.79 Å². The van der Waals surface area contributed by atoms with Gasteiger partial charge in [0.25, 0.3) is 0 Å². The van der Waals surface area contributed by atoms with Gasteiger partial charge in [0.1, 0.15) is 6.04 Å². The summed E-state index contributed by atoms with van der Waals surface area (Å²) in [6.45, 7) is 5.33. The molecule has 4 nitrogen and oxygen atoms in total. The topological polar surface area (TPSA) is 41.6 Å². The Kier molecular flexibility index (Phi) is 4.80. The monoisotopic (exact) mass is 240 g/mol. The molecule has 0 radical (unpaired) electrons. The second-order valence-corrected chi connectivity index (χ2v) is 5.10. The van der Waals surface area contributed by atoms with Crippen LogP contribution in [-0.2, 0) is 9.53 Å². The van der Waals surface area contributed by atoms with Crippen LogP contribution in [0.25, 0.3) is 0 Å². The molecule has 1 N–H and O–H groups in total. The van der Waals surface area contributed by atoms with Crippen molar-refractivity contribution >= 4 is 5.91 Å². The highest BCUT2D eigenvalue weighted by Gasteiger charge is 2.31. The molecule has 0 saturated carbocycles. The number of likely N-dealkylation sites (tertiary alicyclic amines) is 1. The zero-order valence-corrected chi connectivity index (χ0v) is 10.8. The number of hydrogen-bond acceptors (Lipinski definition) is 3. The van der Waals surface area contributed by atoms with Gasteiger partial charge in [-0.05, 0) is 19.8 Å². The first-order valence-electron chi connectivity index (χ1n) is 6.93. The average molecular weight is 240 g/mol. The van der Waals surface area contributed by atoms with E-state index in [1.54, 1.807) is 0 Å². The van der Waals surface area contributed by atoms with E-state index < -0.39 is 0 Å². The molecule has 17 heavy (non-hydrogen) atoms. The van der Waals surface area contributed by atoms with Crippen LogP contribution in [0.3, 0.4) is 0 Å². The van der Waals surface area contributed by atoms with E-state index in [4.69, 9.17) is 4.74 Å². The van der Waals surface area contributed by atoms with Crippen LogP contribution in [0.4, 0.5) is 0 Å². The molecule has 0 aliphatic carbocycles. The lowest BCUT2D eigenvalue weighted by Gasteiger charge is -2.34. The Bertz CT molecular complexity index is 250. The van der Waals surface area contributed by atoms with Crippen molar-refractivity contribution in [1.82, 2.24) is 10.2 Å². The van der Waals surface area contributed by atoms with Crippen molar-refractivity contribution in [3.63, 3.8) is 0 Å². The van der Waals surface area contributed by atoms with Gasteiger partial charge in [-0.2, -0.15) is 0 Å². The van der Waals surface area contributed by atoms with Crippen LogP contribution >= 0.6 is 0 Å². The highest BCUT2D eigenvalue weighted by molar-refractivity contribution is 5.82. The van der Waals surface area contributed by atoms with Crippen LogP contribution in [0.15, 0.2) is 0 Å². The molecule has 1 amide bonds. The number of carbonyl (C=O) groups excluding carboxylic acids is 1. The lowest BCUT2D eigenvalue weighted by Crippen LogP contribution is -2.56. The van der Waals surface area contributed by atoms with Crippen LogP contribution in [-0.4, -0.2) is 49.2 Å². The molecule has 2 heterocycles. The first-order valence-corrected chi connectivity index (χ1v) is 6.93. The summed E-state index contributed by atoms with van der Waals surface area (Å²) in [5.41, 5.74) is 0. The Morgan fingerprint density at radius 2 is 1.82 bits per heavy atom. The minimum atomic E-state index is -0.136. The summed E-state index contributed by atoms with van der Waals surface area (Å²) in [7, 11) is 0. The van der Waals surface area contributed by atoms with Crippen molar-refractivity contribution in [3.8, 4) is 0 Å². The summed E-state index contributed by atoms with van der Waals surface area (Å²) in [5, 5.41) is 3.29. The van der Waals surface area contributed by atoms with Gasteiger partial charge >= 0.3 is 0 Å². The SMILES string of the molecule is C[C@H]1OCCN[C@@H]1C(=O)N1CCCCCCC1. The normalized spacial score (nSPS) is 31.7. The van der Waals surface area contributed by atoms with Crippen LogP contribution < -0.4 is 5.32 Å². The van der Waals surface area contributed by atoms with Gasteiger partial charge in [0.05, 0.1) is 12.7 Å². The van der Waals surface area contributed by atoms with E-state index in [2.05, 4.69) is 5.32 Å². The predicted octanol–water partition coefficient (Wildman–Crippen LogP) is 1.16. The van der Waals surface area contributed by atoms with Gasteiger partial charge in [0.2, 0.25) is 5.91 Å². The number of hydrogen-bond donors (Lipinski definition) is 1. The highest BCUT2D eigenvalue weighted by Crippen LogP contribution is 2.14. The van der Waals surface area contributed by atoms with E-state index in [0.717, 1.165) is 32.5 Å². The fourth-order valence-corrected chi connectivity index (χ4v) is 2.67. The summed E-state index contributed by atoms with van der Waals surface area (Å²) in [6.07, 6.45) is 6.13. The van der Waals surface area contributed by atoms with Crippen LogP contribution in [0.2, 0.25) is 0 Å². The molecule has 4 heteroatoms. The predicted molar refractivity (Wildman–Crippen MR) is 66.9 cm³/mol. The molecular formula is C13H24N2O2. The fraction of sp³-hybridized carbons (Fsp3) is 0.923. The Morgan fingerprint density at radius 1 is 1.18 bits per heavy atom. The summed E-state index contributed by atoms with van der Waals surface area (Å²) in [4.78, 5) is 14.4. The molecule has 0 bridgehead atoms. The molecule has 0 unspecified atom stereocenters. The van der Waals surface area contributed by atoms with Crippen molar-refractivity contribution in [1.29, 1.82) is 0 Å². The molecular weight excluding hydrogens is 216 g/mol. The minimum Gasteiger partial charge on any atom is -0.375 e. The number of rotatable bonds is 1. The number of morpholine rings is 1. The number of nitrogens with one attached hydrogen (secondary N) is 1. The quantitative estimate of drug-likeness (QED) is 0.747. The molecule has 2 aliphatic heterocycles. The smallest absolute Gasteiger partial charge is 0.242 e. The van der Waals surface area contributed by atoms with Crippen molar-refractivity contribution < 1.29 is 9.53 Å². The Labute approximate surface area is 104 Å². The van der Waals surface area contributed by atoms with Gasteiger partial charge in [-0.15, -0.1) is 0 Å². The molecule has 2 saturated heterocycles. The minimum absolute atomic E-state index is 0.00157. The van der Waals surface area contributed by atoms with E-state index in [0.29, 0.717) is 6.61 Å². The van der Waals surface area contributed by atoms with Crippen LogP contribution in [0.5, 0.6) is 0 Å². The zero-order chi connectivity index (χ0) is 12.1. The molecule has 2 fully saturated rings. The van der Waals surface area contributed by atoms with Gasteiger partial charge < -0.3 is 15.0 Å². The zero-order valence-electron chi connectivity index (χ0n) is 10.8. The van der Waals surface area contributed by atoms with Crippen molar-refractivity contribution in [2.24, 2.45) is 0 Å². The number of nitrogens with zero attached hydrogens (tertiary/aromatic N) is 1. The third-order valence-electron chi connectivity index (χ3n) is 3.75. The number of amides is 1. The number of carbonyl (C=O) groups is 1. The first kappa shape index (κ1) is 12.8. The Morgan fingerprint density at radius 3 is 2.47 bits per heavy atom. The van der Waals surface area contributed by atoms with E-state index in [-0.39, 0.29) is 18.1 Å². The van der Waals surface area contributed by atoms with E-state index >= 15 is 0 Å². The largest absolute Gasteiger partial charge is 0.375 e. The molecule has 98 valence electrons. The van der Waals surface area contributed by atoms with Crippen LogP contribution in [0, 0.1) is 0 Å². The molecule has 0 aromatic carbocycles. The Balaban J connectivity index is 1.91. The summed E-state index contributed by atoms with van der Waals surface area (Å²) >= 11 is 0. The summed E-state index contributed by atoms with van der Waals surface area (Å²) in [5.74, 6) is 0.235. The van der Waals surface area contributed by atoms with E-state index in [1.165, 1.54) is 19.3 Å². The highest BCUT2D eigenvalue weighted by atomic mass is 16.5. The van der Waals surface area contributed by atoms with E-state index in [9.17, 15) is 4.79 Å². The molecule has 2 aliphatic rings. The molecule has 0 aromatic rings. The average Bonchev–Trinajstić information content (AvgIpc) is 2.28. The van der Waals surface area contributed by atoms with Crippen LogP contribution in [0.1, 0.15) is 39.0 Å². The third kappa shape index (κ3) is 3.42. The second kappa shape index (κ2) is 6.36. The molecule has 2 atom stereocenters.